The first-order valence-corrected chi connectivity index (χ1v) is 7.05. The molecule has 0 aromatic heterocycles. The second-order valence-corrected chi connectivity index (χ2v) is 6.63. The Bertz CT molecular complexity index is 293. The molecule has 0 aliphatic carbocycles. The third kappa shape index (κ3) is 3.25. The molecule has 0 aromatic carbocycles. The van der Waals surface area contributed by atoms with Crippen LogP contribution in [0.15, 0.2) is 0 Å². The van der Waals surface area contributed by atoms with Crippen molar-refractivity contribution in [2.75, 3.05) is 0 Å². The largest absolute Gasteiger partial charge is 0.459 e. The molecule has 1 fully saturated rings. The normalized spacial score (nSPS) is 37.4. The van der Waals surface area contributed by atoms with Crippen LogP contribution in [-0.4, -0.2) is 24.3 Å². The van der Waals surface area contributed by atoms with Gasteiger partial charge in [0.25, 0.3) is 0 Å². The van der Waals surface area contributed by atoms with Gasteiger partial charge in [0.05, 0.1) is 17.6 Å². The number of rotatable bonds is 2. The van der Waals surface area contributed by atoms with Gasteiger partial charge in [-0.05, 0) is 40.0 Å². The summed E-state index contributed by atoms with van der Waals surface area (Å²) in [6.07, 6.45) is 1.14. The standard InChI is InChI=1S/C15H28O3/c1-8-12-9(2)10(3)13(11(4)17-12)18-14(16)15(5,6)7/h9-13H,8H2,1-7H3/t9-,10-,11+,12+,13-/m0/s1. The molecular formula is C15H28O3. The SMILES string of the molecule is CC[C@H]1O[C@H](C)[C@@H](OC(=O)C(C)(C)C)[C@@H](C)[C@@H]1C. The van der Waals surface area contributed by atoms with E-state index in [4.69, 9.17) is 9.47 Å². The van der Waals surface area contributed by atoms with E-state index in [2.05, 4.69) is 20.8 Å². The Morgan fingerprint density at radius 1 is 1.17 bits per heavy atom. The quantitative estimate of drug-likeness (QED) is 0.710. The van der Waals surface area contributed by atoms with Gasteiger partial charge in [-0.15, -0.1) is 0 Å². The maximum Gasteiger partial charge on any atom is 0.311 e. The summed E-state index contributed by atoms with van der Waals surface area (Å²) in [6.45, 7) is 14.1. The number of carbonyl (C=O) groups excluding carboxylic acids is 1. The first-order valence-electron chi connectivity index (χ1n) is 7.05. The molecule has 18 heavy (non-hydrogen) atoms. The Kier molecular flexibility index (Phi) is 4.82. The van der Waals surface area contributed by atoms with Gasteiger partial charge in [-0.3, -0.25) is 4.79 Å². The third-order valence-electron chi connectivity index (χ3n) is 4.04. The van der Waals surface area contributed by atoms with E-state index in [1.165, 1.54) is 0 Å². The maximum absolute atomic E-state index is 12.0. The molecular weight excluding hydrogens is 228 g/mol. The topological polar surface area (TPSA) is 35.5 Å². The van der Waals surface area contributed by atoms with Crippen LogP contribution in [0.1, 0.15) is 54.9 Å². The van der Waals surface area contributed by atoms with Crippen molar-refractivity contribution in [2.45, 2.75) is 73.2 Å². The van der Waals surface area contributed by atoms with Crippen LogP contribution < -0.4 is 0 Å². The van der Waals surface area contributed by atoms with Crippen LogP contribution in [0.5, 0.6) is 0 Å². The minimum Gasteiger partial charge on any atom is -0.459 e. The van der Waals surface area contributed by atoms with Gasteiger partial charge in [0.2, 0.25) is 0 Å². The van der Waals surface area contributed by atoms with Crippen LogP contribution in [0, 0.1) is 17.3 Å². The molecule has 0 unspecified atom stereocenters. The van der Waals surface area contributed by atoms with Crippen molar-refractivity contribution >= 4 is 5.97 Å². The lowest BCUT2D eigenvalue weighted by atomic mass is 9.80. The molecule has 0 amide bonds. The van der Waals surface area contributed by atoms with Gasteiger partial charge in [0, 0.05) is 5.92 Å². The van der Waals surface area contributed by atoms with Gasteiger partial charge in [0.15, 0.2) is 0 Å². The highest BCUT2D eigenvalue weighted by Crippen LogP contribution is 2.34. The molecule has 0 radical (unpaired) electrons. The van der Waals surface area contributed by atoms with Gasteiger partial charge in [-0.25, -0.2) is 0 Å². The molecule has 0 saturated carbocycles. The zero-order valence-corrected chi connectivity index (χ0v) is 12.8. The Labute approximate surface area is 111 Å². The van der Waals surface area contributed by atoms with Gasteiger partial charge < -0.3 is 9.47 Å². The molecule has 0 spiro atoms. The Morgan fingerprint density at radius 3 is 2.17 bits per heavy atom. The van der Waals surface area contributed by atoms with E-state index in [-0.39, 0.29) is 24.3 Å². The minimum atomic E-state index is -0.454. The molecule has 3 heteroatoms. The summed E-state index contributed by atoms with van der Waals surface area (Å²) >= 11 is 0. The van der Waals surface area contributed by atoms with Crippen molar-refractivity contribution in [2.24, 2.45) is 17.3 Å². The molecule has 1 aliphatic heterocycles. The second kappa shape index (κ2) is 5.60. The zero-order chi connectivity index (χ0) is 14.1. The summed E-state index contributed by atoms with van der Waals surface area (Å²) < 4.78 is 11.6. The predicted molar refractivity (Wildman–Crippen MR) is 72.3 cm³/mol. The number of hydrogen-bond acceptors (Lipinski definition) is 3. The van der Waals surface area contributed by atoms with Crippen LogP contribution >= 0.6 is 0 Å². The van der Waals surface area contributed by atoms with Gasteiger partial charge in [-0.1, -0.05) is 20.8 Å². The van der Waals surface area contributed by atoms with E-state index >= 15 is 0 Å². The van der Waals surface area contributed by atoms with E-state index in [1.807, 2.05) is 27.7 Å². The highest BCUT2D eigenvalue weighted by Gasteiger charge is 2.42. The van der Waals surface area contributed by atoms with Crippen LogP contribution in [0.2, 0.25) is 0 Å². The van der Waals surface area contributed by atoms with Crippen LogP contribution in [0.4, 0.5) is 0 Å². The predicted octanol–water partition coefficient (Wildman–Crippen LogP) is 3.41. The third-order valence-corrected chi connectivity index (χ3v) is 4.04. The van der Waals surface area contributed by atoms with E-state index in [1.54, 1.807) is 0 Å². The van der Waals surface area contributed by atoms with Crippen molar-refractivity contribution < 1.29 is 14.3 Å². The number of ether oxygens (including phenoxy) is 2. The summed E-state index contributed by atoms with van der Waals surface area (Å²) in [4.78, 5) is 12.0. The van der Waals surface area contributed by atoms with Crippen molar-refractivity contribution in [3.63, 3.8) is 0 Å². The lowest BCUT2D eigenvalue weighted by Crippen LogP contribution is -2.50. The molecule has 1 heterocycles. The Balaban J connectivity index is 2.74. The number of carbonyl (C=O) groups is 1. The van der Waals surface area contributed by atoms with Crippen molar-refractivity contribution in [3.8, 4) is 0 Å². The highest BCUT2D eigenvalue weighted by molar-refractivity contribution is 5.75. The molecule has 0 bridgehead atoms. The summed E-state index contributed by atoms with van der Waals surface area (Å²) in [6, 6.07) is 0. The van der Waals surface area contributed by atoms with E-state index < -0.39 is 5.41 Å². The lowest BCUT2D eigenvalue weighted by molar-refractivity contribution is -0.198. The van der Waals surface area contributed by atoms with Crippen LogP contribution in [0.3, 0.4) is 0 Å². The molecule has 1 rings (SSSR count). The summed E-state index contributed by atoms with van der Waals surface area (Å²) in [5.41, 5.74) is -0.454. The summed E-state index contributed by atoms with van der Waals surface area (Å²) in [5.74, 6) is 0.617. The second-order valence-electron chi connectivity index (χ2n) is 6.63. The molecule has 1 aliphatic rings. The highest BCUT2D eigenvalue weighted by atomic mass is 16.6. The number of hydrogen-bond donors (Lipinski definition) is 0. The maximum atomic E-state index is 12.0. The van der Waals surface area contributed by atoms with Crippen molar-refractivity contribution in [3.05, 3.63) is 0 Å². The van der Waals surface area contributed by atoms with Gasteiger partial charge in [0.1, 0.15) is 6.10 Å². The smallest absolute Gasteiger partial charge is 0.311 e. The van der Waals surface area contributed by atoms with Gasteiger partial charge in [-0.2, -0.15) is 0 Å². The summed E-state index contributed by atoms with van der Waals surface area (Å²) in [7, 11) is 0. The fourth-order valence-corrected chi connectivity index (χ4v) is 2.51. The number of esters is 1. The zero-order valence-electron chi connectivity index (χ0n) is 12.8. The Hall–Kier alpha value is -0.570. The average molecular weight is 256 g/mol. The molecule has 0 aromatic rings. The molecule has 5 atom stereocenters. The van der Waals surface area contributed by atoms with Crippen LogP contribution in [-0.2, 0) is 14.3 Å². The fraction of sp³-hybridized carbons (Fsp3) is 0.933. The van der Waals surface area contributed by atoms with E-state index in [9.17, 15) is 4.79 Å². The van der Waals surface area contributed by atoms with Crippen LogP contribution in [0.25, 0.3) is 0 Å². The molecule has 3 nitrogen and oxygen atoms in total. The average Bonchev–Trinajstić information content (AvgIpc) is 2.27. The first kappa shape index (κ1) is 15.5. The minimum absolute atomic E-state index is 0.0209. The first-order chi connectivity index (χ1) is 8.18. The lowest BCUT2D eigenvalue weighted by Gasteiger charge is -2.43. The van der Waals surface area contributed by atoms with Gasteiger partial charge >= 0.3 is 5.97 Å². The Morgan fingerprint density at radius 2 is 1.72 bits per heavy atom. The van der Waals surface area contributed by atoms with E-state index in [0.717, 1.165) is 6.42 Å². The fourth-order valence-electron chi connectivity index (χ4n) is 2.51. The van der Waals surface area contributed by atoms with E-state index in [0.29, 0.717) is 11.8 Å². The summed E-state index contributed by atoms with van der Waals surface area (Å²) in [5, 5.41) is 0. The molecule has 106 valence electrons. The molecule has 1 saturated heterocycles. The van der Waals surface area contributed by atoms with Crippen molar-refractivity contribution in [1.82, 2.24) is 0 Å². The molecule has 0 N–H and O–H groups in total. The monoisotopic (exact) mass is 256 g/mol. The van der Waals surface area contributed by atoms with Crippen molar-refractivity contribution in [1.29, 1.82) is 0 Å².